The van der Waals surface area contributed by atoms with Gasteiger partial charge in [-0.05, 0) is 30.2 Å². The van der Waals surface area contributed by atoms with Crippen molar-refractivity contribution in [3.63, 3.8) is 0 Å². The summed E-state index contributed by atoms with van der Waals surface area (Å²) >= 11 is 9.27. The van der Waals surface area contributed by atoms with Crippen LogP contribution in [0.3, 0.4) is 0 Å². The Morgan fingerprint density at radius 3 is 2.69 bits per heavy atom. The van der Waals surface area contributed by atoms with Crippen LogP contribution in [0.5, 0.6) is 0 Å². The van der Waals surface area contributed by atoms with Gasteiger partial charge in [-0.25, -0.2) is 0 Å². The Labute approximate surface area is 90.2 Å². The van der Waals surface area contributed by atoms with Gasteiger partial charge in [0.25, 0.3) is 0 Å². The van der Waals surface area contributed by atoms with E-state index in [0.29, 0.717) is 5.02 Å². The van der Waals surface area contributed by atoms with E-state index in [4.69, 9.17) is 17.3 Å². The third-order valence-corrected chi connectivity index (χ3v) is 2.94. The van der Waals surface area contributed by atoms with E-state index in [9.17, 15) is 4.79 Å². The molecule has 2 N–H and O–H groups in total. The molecular weight excluding hydrogens is 253 g/mol. The van der Waals surface area contributed by atoms with Crippen LogP contribution in [0.25, 0.3) is 0 Å². The van der Waals surface area contributed by atoms with Crippen LogP contribution in [0.2, 0.25) is 5.02 Å². The van der Waals surface area contributed by atoms with Gasteiger partial charge in [0, 0.05) is 9.50 Å². The molecule has 70 valence electrons. The number of hydrogen-bond acceptors (Lipinski definition) is 1. The lowest BCUT2D eigenvalue weighted by atomic mass is 10.1. The van der Waals surface area contributed by atoms with Gasteiger partial charge in [-0.3, -0.25) is 4.79 Å². The Bertz CT molecular complexity index is 328. The standard InChI is InChI=1S/C9H9BrClNO/c1-5-7(10)2-6(3-8(5)11)4-9(12)13/h2-3H,4H2,1H3,(H2,12,13). The average molecular weight is 263 g/mol. The first-order valence-electron chi connectivity index (χ1n) is 3.73. The molecule has 0 fully saturated rings. The highest BCUT2D eigenvalue weighted by atomic mass is 79.9. The zero-order valence-corrected chi connectivity index (χ0v) is 9.45. The van der Waals surface area contributed by atoms with Crippen molar-refractivity contribution in [1.29, 1.82) is 0 Å². The molecule has 0 spiro atoms. The first-order valence-corrected chi connectivity index (χ1v) is 4.90. The monoisotopic (exact) mass is 261 g/mol. The number of nitrogens with two attached hydrogens (primary N) is 1. The number of halogens is 2. The molecule has 0 aliphatic heterocycles. The molecule has 0 unspecified atom stereocenters. The molecule has 0 aliphatic carbocycles. The van der Waals surface area contributed by atoms with Crippen molar-refractivity contribution in [1.82, 2.24) is 0 Å². The maximum atomic E-state index is 10.6. The van der Waals surface area contributed by atoms with Crippen molar-refractivity contribution in [2.75, 3.05) is 0 Å². The van der Waals surface area contributed by atoms with Gasteiger partial charge in [0.1, 0.15) is 0 Å². The van der Waals surface area contributed by atoms with Gasteiger partial charge < -0.3 is 5.73 Å². The van der Waals surface area contributed by atoms with Crippen LogP contribution in [0.1, 0.15) is 11.1 Å². The minimum absolute atomic E-state index is 0.221. The quantitative estimate of drug-likeness (QED) is 0.874. The van der Waals surface area contributed by atoms with Gasteiger partial charge in [-0.2, -0.15) is 0 Å². The highest BCUT2D eigenvalue weighted by molar-refractivity contribution is 9.10. The number of amides is 1. The Hall–Kier alpha value is -0.540. The summed E-state index contributed by atoms with van der Waals surface area (Å²) in [4.78, 5) is 10.6. The first-order chi connectivity index (χ1) is 6.00. The van der Waals surface area contributed by atoms with Gasteiger partial charge in [-0.1, -0.05) is 27.5 Å². The average Bonchev–Trinajstić information content (AvgIpc) is 1.98. The van der Waals surface area contributed by atoms with Crippen molar-refractivity contribution in [3.8, 4) is 0 Å². The number of carbonyl (C=O) groups excluding carboxylic acids is 1. The van der Waals surface area contributed by atoms with Crippen LogP contribution in [0.15, 0.2) is 16.6 Å². The molecule has 0 bridgehead atoms. The molecule has 1 rings (SSSR count). The molecule has 0 heterocycles. The summed E-state index contributed by atoms with van der Waals surface area (Å²) in [5.74, 6) is -0.355. The fourth-order valence-electron chi connectivity index (χ4n) is 1.00. The molecule has 1 aromatic carbocycles. The Kier molecular flexibility index (Phi) is 3.33. The maximum absolute atomic E-state index is 10.6. The second-order valence-corrected chi connectivity index (χ2v) is 4.09. The molecule has 0 aromatic heterocycles. The minimum atomic E-state index is -0.355. The lowest BCUT2D eigenvalue weighted by Gasteiger charge is -2.04. The normalized spacial score (nSPS) is 10.1. The lowest BCUT2D eigenvalue weighted by Crippen LogP contribution is -2.13. The summed E-state index contributed by atoms with van der Waals surface area (Å²) in [5, 5.41) is 0.644. The molecule has 1 aromatic rings. The third-order valence-electron chi connectivity index (χ3n) is 1.72. The van der Waals surface area contributed by atoms with E-state index >= 15 is 0 Å². The van der Waals surface area contributed by atoms with E-state index in [-0.39, 0.29) is 12.3 Å². The smallest absolute Gasteiger partial charge is 0.221 e. The fraction of sp³-hybridized carbons (Fsp3) is 0.222. The van der Waals surface area contributed by atoms with Gasteiger partial charge in [0.15, 0.2) is 0 Å². The van der Waals surface area contributed by atoms with Crippen molar-refractivity contribution >= 4 is 33.4 Å². The lowest BCUT2D eigenvalue weighted by molar-refractivity contribution is -0.117. The number of carbonyl (C=O) groups is 1. The summed E-state index contributed by atoms with van der Waals surface area (Å²) in [6.45, 7) is 1.90. The van der Waals surface area contributed by atoms with Gasteiger partial charge in [0.2, 0.25) is 5.91 Å². The van der Waals surface area contributed by atoms with Crippen molar-refractivity contribution < 1.29 is 4.79 Å². The highest BCUT2D eigenvalue weighted by Gasteiger charge is 2.05. The number of hydrogen-bond donors (Lipinski definition) is 1. The van der Waals surface area contributed by atoms with Crippen LogP contribution in [-0.4, -0.2) is 5.91 Å². The molecule has 1 amide bonds. The minimum Gasteiger partial charge on any atom is -0.369 e. The van der Waals surface area contributed by atoms with E-state index in [1.807, 2.05) is 13.0 Å². The van der Waals surface area contributed by atoms with Crippen LogP contribution in [0, 0.1) is 6.92 Å². The summed E-state index contributed by atoms with van der Waals surface area (Å²) < 4.78 is 0.899. The number of primary amides is 1. The summed E-state index contributed by atoms with van der Waals surface area (Å²) in [6.07, 6.45) is 0.221. The van der Waals surface area contributed by atoms with Crippen LogP contribution < -0.4 is 5.73 Å². The fourth-order valence-corrected chi connectivity index (χ4v) is 1.86. The molecule has 4 heteroatoms. The second kappa shape index (κ2) is 4.11. The molecule has 0 atom stereocenters. The van der Waals surface area contributed by atoms with Crippen molar-refractivity contribution in [2.45, 2.75) is 13.3 Å². The number of rotatable bonds is 2. The van der Waals surface area contributed by atoms with Crippen LogP contribution >= 0.6 is 27.5 Å². The predicted molar refractivity (Wildman–Crippen MR) is 56.8 cm³/mol. The zero-order chi connectivity index (χ0) is 10.0. The third kappa shape index (κ3) is 2.71. The van der Waals surface area contributed by atoms with E-state index in [1.54, 1.807) is 6.07 Å². The first kappa shape index (κ1) is 10.5. The van der Waals surface area contributed by atoms with Crippen molar-refractivity contribution in [2.24, 2.45) is 5.73 Å². The molecule has 13 heavy (non-hydrogen) atoms. The van der Waals surface area contributed by atoms with E-state index < -0.39 is 0 Å². The topological polar surface area (TPSA) is 43.1 Å². The Morgan fingerprint density at radius 1 is 1.62 bits per heavy atom. The van der Waals surface area contributed by atoms with E-state index in [0.717, 1.165) is 15.6 Å². The molecule has 0 saturated heterocycles. The molecule has 0 aliphatic rings. The Morgan fingerprint density at radius 2 is 2.23 bits per heavy atom. The van der Waals surface area contributed by atoms with E-state index in [2.05, 4.69) is 15.9 Å². The Balaban J connectivity index is 3.06. The summed E-state index contributed by atoms with van der Waals surface area (Å²) in [5.41, 5.74) is 6.86. The SMILES string of the molecule is Cc1c(Cl)cc(CC(N)=O)cc1Br. The zero-order valence-electron chi connectivity index (χ0n) is 7.10. The van der Waals surface area contributed by atoms with Gasteiger partial charge in [0.05, 0.1) is 6.42 Å². The van der Waals surface area contributed by atoms with Crippen LogP contribution in [0.4, 0.5) is 0 Å². The molecular formula is C9H9BrClNO. The second-order valence-electron chi connectivity index (χ2n) is 2.83. The van der Waals surface area contributed by atoms with Gasteiger partial charge >= 0.3 is 0 Å². The highest BCUT2D eigenvalue weighted by Crippen LogP contribution is 2.25. The largest absolute Gasteiger partial charge is 0.369 e. The molecule has 0 radical (unpaired) electrons. The molecule has 2 nitrogen and oxygen atoms in total. The van der Waals surface area contributed by atoms with Gasteiger partial charge in [-0.15, -0.1) is 0 Å². The molecule has 0 saturated carbocycles. The van der Waals surface area contributed by atoms with Crippen molar-refractivity contribution in [3.05, 3.63) is 32.8 Å². The van der Waals surface area contributed by atoms with E-state index in [1.165, 1.54) is 0 Å². The maximum Gasteiger partial charge on any atom is 0.221 e. The van der Waals surface area contributed by atoms with Crippen LogP contribution in [-0.2, 0) is 11.2 Å². The summed E-state index contributed by atoms with van der Waals surface area (Å²) in [7, 11) is 0. The number of benzene rings is 1. The summed E-state index contributed by atoms with van der Waals surface area (Å²) in [6, 6.07) is 3.61. The predicted octanol–water partition coefficient (Wildman–Crippen LogP) is 2.44.